The Balaban J connectivity index is 1.45. The number of benzene rings is 1. The van der Waals surface area contributed by atoms with E-state index < -0.39 is 0 Å². The summed E-state index contributed by atoms with van der Waals surface area (Å²) in [5.41, 5.74) is 3.64. The monoisotopic (exact) mass is 382 g/mol. The van der Waals surface area contributed by atoms with Crippen LogP contribution >= 0.6 is 0 Å². The summed E-state index contributed by atoms with van der Waals surface area (Å²) in [4.78, 5) is 17.0. The minimum Gasteiger partial charge on any atom is -0.391 e. The smallest absolute Gasteiger partial charge is 0.271 e. The summed E-state index contributed by atoms with van der Waals surface area (Å²) in [5, 5.41) is 17.7. The van der Waals surface area contributed by atoms with Crippen LogP contribution in [0, 0.1) is 11.8 Å². The van der Waals surface area contributed by atoms with E-state index in [-0.39, 0.29) is 18.1 Å². The predicted octanol–water partition coefficient (Wildman–Crippen LogP) is 2.41. The SMILES string of the molecule is CCc1ccc(-c2cc(C(=O)N3C[C@H]4C[C@@H](N(C)C)[C@H](O)C[C@H]4C3)[nH]n2)cc1. The van der Waals surface area contributed by atoms with E-state index in [4.69, 9.17) is 0 Å². The quantitative estimate of drug-likeness (QED) is 0.852. The predicted molar refractivity (Wildman–Crippen MR) is 109 cm³/mol. The van der Waals surface area contributed by atoms with E-state index >= 15 is 0 Å². The van der Waals surface area contributed by atoms with Gasteiger partial charge in [0.15, 0.2) is 0 Å². The number of fused-ring (bicyclic) bond motifs is 1. The highest BCUT2D eigenvalue weighted by molar-refractivity contribution is 5.93. The number of aromatic amines is 1. The van der Waals surface area contributed by atoms with Crippen molar-refractivity contribution in [3.05, 3.63) is 41.6 Å². The van der Waals surface area contributed by atoms with Crippen LogP contribution in [0.4, 0.5) is 0 Å². The number of rotatable bonds is 4. The maximum absolute atomic E-state index is 13.0. The molecule has 6 nitrogen and oxygen atoms in total. The molecule has 2 aromatic rings. The summed E-state index contributed by atoms with van der Waals surface area (Å²) in [6, 6.07) is 10.3. The number of carbonyl (C=O) groups is 1. The lowest BCUT2D eigenvalue weighted by Crippen LogP contribution is -2.46. The molecule has 1 aliphatic heterocycles. The van der Waals surface area contributed by atoms with Gasteiger partial charge in [-0.25, -0.2) is 0 Å². The molecule has 150 valence electrons. The third kappa shape index (κ3) is 3.59. The third-order valence-corrected chi connectivity index (χ3v) is 6.53. The summed E-state index contributed by atoms with van der Waals surface area (Å²) in [6.45, 7) is 3.62. The molecule has 28 heavy (non-hydrogen) atoms. The number of likely N-dealkylation sites (N-methyl/N-ethyl adjacent to an activating group) is 1. The molecule has 0 bridgehead atoms. The molecule has 1 amide bonds. The highest BCUT2D eigenvalue weighted by Gasteiger charge is 2.43. The summed E-state index contributed by atoms with van der Waals surface area (Å²) < 4.78 is 0. The molecule has 2 fully saturated rings. The molecule has 2 aliphatic rings. The van der Waals surface area contributed by atoms with Gasteiger partial charge in [-0.15, -0.1) is 0 Å². The van der Waals surface area contributed by atoms with E-state index in [0.717, 1.165) is 43.6 Å². The lowest BCUT2D eigenvalue weighted by molar-refractivity contribution is 0.00940. The van der Waals surface area contributed by atoms with Gasteiger partial charge in [0, 0.05) is 24.7 Å². The second-order valence-electron chi connectivity index (χ2n) is 8.52. The topological polar surface area (TPSA) is 72.5 Å². The molecule has 1 saturated carbocycles. The van der Waals surface area contributed by atoms with Gasteiger partial charge in [-0.2, -0.15) is 5.10 Å². The van der Waals surface area contributed by atoms with Crippen LogP contribution in [0.2, 0.25) is 0 Å². The number of amides is 1. The van der Waals surface area contributed by atoms with Crippen LogP contribution in [0.5, 0.6) is 0 Å². The van der Waals surface area contributed by atoms with Crippen molar-refractivity contribution in [2.45, 2.75) is 38.3 Å². The zero-order valence-corrected chi connectivity index (χ0v) is 16.9. The fourth-order valence-electron chi connectivity index (χ4n) is 4.79. The van der Waals surface area contributed by atoms with Gasteiger partial charge in [-0.1, -0.05) is 31.2 Å². The van der Waals surface area contributed by atoms with Crippen LogP contribution in [0.25, 0.3) is 11.3 Å². The Hall–Kier alpha value is -2.18. The number of hydrogen-bond donors (Lipinski definition) is 2. The normalized spacial score (nSPS) is 27.2. The molecule has 0 unspecified atom stereocenters. The molecule has 1 aromatic heterocycles. The van der Waals surface area contributed by atoms with Crippen LogP contribution in [0.3, 0.4) is 0 Å². The number of carbonyl (C=O) groups excluding carboxylic acids is 1. The van der Waals surface area contributed by atoms with Crippen molar-refractivity contribution in [2.24, 2.45) is 11.8 Å². The number of likely N-dealkylation sites (tertiary alicyclic amines) is 1. The average molecular weight is 383 g/mol. The molecular weight excluding hydrogens is 352 g/mol. The first-order valence-electron chi connectivity index (χ1n) is 10.2. The second-order valence-corrected chi connectivity index (χ2v) is 8.52. The van der Waals surface area contributed by atoms with Crippen molar-refractivity contribution in [1.82, 2.24) is 20.0 Å². The van der Waals surface area contributed by atoms with Crippen molar-refractivity contribution in [1.29, 1.82) is 0 Å². The number of H-pyrrole nitrogens is 1. The van der Waals surface area contributed by atoms with Crippen molar-refractivity contribution in [2.75, 3.05) is 27.2 Å². The molecule has 2 heterocycles. The zero-order valence-electron chi connectivity index (χ0n) is 16.9. The molecule has 6 heteroatoms. The Morgan fingerprint density at radius 1 is 1.21 bits per heavy atom. The Labute approximate surface area is 166 Å². The summed E-state index contributed by atoms with van der Waals surface area (Å²) in [7, 11) is 4.04. The summed E-state index contributed by atoms with van der Waals surface area (Å²) in [5.74, 6) is 0.858. The fourth-order valence-corrected chi connectivity index (χ4v) is 4.79. The van der Waals surface area contributed by atoms with E-state index in [2.05, 4.69) is 46.3 Å². The van der Waals surface area contributed by atoms with Crippen molar-refractivity contribution >= 4 is 5.91 Å². The Morgan fingerprint density at radius 2 is 1.89 bits per heavy atom. The number of nitrogens with one attached hydrogen (secondary N) is 1. The van der Waals surface area contributed by atoms with Crippen LogP contribution in [-0.2, 0) is 6.42 Å². The lowest BCUT2D eigenvalue weighted by Gasteiger charge is -2.38. The number of nitrogens with zero attached hydrogens (tertiary/aromatic N) is 3. The zero-order chi connectivity index (χ0) is 19.8. The minimum atomic E-state index is -0.309. The van der Waals surface area contributed by atoms with Gasteiger partial charge >= 0.3 is 0 Å². The molecule has 1 aliphatic carbocycles. The van der Waals surface area contributed by atoms with Crippen LogP contribution in [0.1, 0.15) is 35.8 Å². The summed E-state index contributed by atoms with van der Waals surface area (Å²) in [6.07, 6.45) is 2.41. The van der Waals surface area contributed by atoms with E-state index in [1.807, 2.05) is 25.1 Å². The number of aliphatic hydroxyl groups is 1. The van der Waals surface area contributed by atoms with Crippen LogP contribution in [0.15, 0.2) is 30.3 Å². The standard InChI is InChI=1S/C22H30N4O2/c1-4-14-5-7-15(8-6-14)18-11-19(24-23-18)22(28)26-12-16-9-20(25(2)3)21(27)10-17(16)13-26/h5-8,11,16-17,20-21,27H,4,9-10,12-13H2,1-3H3,(H,23,24)/t16-,17+,20-,21-/m1/s1. The van der Waals surface area contributed by atoms with E-state index in [1.165, 1.54) is 5.56 Å². The van der Waals surface area contributed by atoms with Crippen molar-refractivity contribution in [3.63, 3.8) is 0 Å². The summed E-state index contributed by atoms with van der Waals surface area (Å²) >= 11 is 0. The number of aromatic nitrogens is 2. The van der Waals surface area contributed by atoms with Gasteiger partial charge < -0.3 is 14.9 Å². The number of hydrogen-bond acceptors (Lipinski definition) is 4. The highest BCUT2D eigenvalue weighted by atomic mass is 16.3. The van der Waals surface area contributed by atoms with Gasteiger partial charge in [-0.05, 0) is 56.8 Å². The van der Waals surface area contributed by atoms with Gasteiger partial charge in [0.05, 0.1) is 11.8 Å². The van der Waals surface area contributed by atoms with Crippen LogP contribution in [-0.4, -0.2) is 70.3 Å². The van der Waals surface area contributed by atoms with Crippen molar-refractivity contribution in [3.8, 4) is 11.3 Å². The Kier molecular flexibility index (Phi) is 5.25. The molecular formula is C22H30N4O2. The largest absolute Gasteiger partial charge is 0.391 e. The Bertz CT molecular complexity index is 829. The minimum absolute atomic E-state index is 0.00854. The van der Waals surface area contributed by atoms with Gasteiger partial charge in [-0.3, -0.25) is 9.89 Å². The molecule has 4 atom stereocenters. The van der Waals surface area contributed by atoms with Gasteiger partial charge in [0.1, 0.15) is 5.69 Å². The molecule has 1 saturated heterocycles. The second kappa shape index (κ2) is 7.68. The van der Waals surface area contributed by atoms with E-state index in [9.17, 15) is 9.90 Å². The molecule has 1 aromatic carbocycles. The fraction of sp³-hybridized carbons (Fsp3) is 0.545. The number of aliphatic hydroxyl groups excluding tert-OH is 1. The molecule has 2 N–H and O–H groups in total. The first kappa shape index (κ1) is 19.2. The van der Waals surface area contributed by atoms with Gasteiger partial charge in [0.2, 0.25) is 0 Å². The number of aryl methyl sites for hydroxylation is 1. The first-order chi connectivity index (χ1) is 13.5. The van der Waals surface area contributed by atoms with Crippen LogP contribution < -0.4 is 0 Å². The molecule has 4 rings (SSSR count). The molecule has 0 radical (unpaired) electrons. The maximum Gasteiger partial charge on any atom is 0.271 e. The first-order valence-corrected chi connectivity index (χ1v) is 10.2. The van der Waals surface area contributed by atoms with Crippen molar-refractivity contribution < 1.29 is 9.90 Å². The average Bonchev–Trinajstić information content (AvgIpc) is 3.33. The maximum atomic E-state index is 13.0. The van der Waals surface area contributed by atoms with E-state index in [0.29, 0.717) is 17.5 Å². The van der Waals surface area contributed by atoms with Gasteiger partial charge in [0.25, 0.3) is 5.91 Å². The molecule has 0 spiro atoms. The highest BCUT2D eigenvalue weighted by Crippen LogP contribution is 2.38. The Morgan fingerprint density at radius 3 is 2.54 bits per heavy atom. The lowest BCUT2D eigenvalue weighted by atomic mass is 9.77. The van der Waals surface area contributed by atoms with E-state index in [1.54, 1.807) is 0 Å². The third-order valence-electron chi connectivity index (χ3n) is 6.53.